The van der Waals surface area contributed by atoms with Gasteiger partial charge in [-0.15, -0.1) is 0 Å². The zero-order valence-corrected chi connectivity index (χ0v) is 8.36. The third-order valence-corrected chi connectivity index (χ3v) is 3.56. The first-order chi connectivity index (χ1) is 7.00. The Balaban J connectivity index is 2.70. The minimum Gasteiger partial charge on any atom is -0.477 e. The van der Waals surface area contributed by atoms with E-state index in [-0.39, 0.29) is 16.5 Å². The first-order valence-corrected chi connectivity index (χ1v) is 5.79. The lowest BCUT2D eigenvalue weighted by atomic mass is 10.2. The molecule has 0 amide bonds. The fraction of sp³-hybridized carbons (Fsp3) is 0.111. The van der Waals surface area contributed by atoms with Crippen molar-refractivity contribution in [2.24, 2.45) is 0 Å². The maximum Gasteiger partial charge on any atom is 0.354 e. The highest BCUT2D eigenvalue weighted by molar-refractivity contribution is 7.91. The smallest absolute Gasteiger partial charge is 0.354 e. The molecular formula is C9H7NO4S. The van der Waals surface area contributed by atoms with Crippen molar-refractivity contribution in [3.63, 3.8) is 0 Å². The Hall–Kier alpha value is -1.69. The van der Waals surface area contributed by atoms with Crippen LogP contribution in [0, 0.1) is 0 Å². The van der Waals surface area contributed by atoms with E-state index in [0.29, 0.717) is 5.56 Å². The monoisotopic (exact) mass is 225 g/mol. The molecule has 2 rings (SSSR count). The zero-order valence-electron chi connectivity index (χ0n) is 7.54. The van der Waals surface area contributed by atoms with Crippen molar-refractivity contribution in [3.05, 3.63) is 29.5 Å². The summed E-state index contributed by atoms with van der Waals surface area (Å²) in [6, 6.07) is 2.73. The molecule has 0 radical (unpaired) electrons. The lowest BCUT2D eigenvalue weighted by Gasteiger charge is -2.10. The number of sulfone groups is 1. The van der Waals surface area contributed by atoms with E-state index in [4.69, 9.17) is 5.11 Å². The van der Waals surface area contributed by atoms with Gasteiger partial charge in [0.2, 0.25) is 0 Å². The van der Waals surface area contributed by atoms with Gasteiger partial charge in [0.05, 0.1) is 5.75 Å². The van der Waals surface area contributed by atoms with Crippen LogP contribution in [0.15, 0.2) is 23.2 Å². The molecule has 0 bridgehead atoms. The summed E-state index contributed by atoms with van der Waals surface area (Å²) in [7, 11) is -3.46. The van der Waals surface area contributed by atoms with Gasteiger partial charge in [-0.25, -0.2) is 18.2 Å². The van der Waals surface area contributed by atoms with Crippen LogP contribution in [-0.4, -0.2) is 30.2 Å². The van der Waals surface area contributed by atoms with E-state index in [1.165, 1.54) is 18.2 Å². The predicted octanol–water partition coefficient (Wildman–Crippen LogP) is 0.580. The highest BCUT2D eigenvalue weighted by atomic mass is 32.2. The Labute approximate surface area is 86.0 Å². The molecule has 78 valence electrons. The number of carbonyl (C=O) groups is 1. The molecule has 0 saturated carbocycles. The second-order valence-corrected chi connectivity index (χ2v) is 5.03. The number of aromatic nitrogens is 1. The molecule has 0 unspecified atom stereocenters. The molecule has 1 N–H and O–H groups in total. The summed E-state index contributed by atoms with van der Waals surface area (Å²) >= 11 is 0. The van der Waals surface area contributed by atoms with Crippen molar-refractivity contribution in [3.8, 4) is 0 Å². The van der Waals surface area contributed by atoms with Crippen molar-refractivity contribution in [1.29, 1.82) is 0 Å². The number of nitrogens with zero attached hydrogens (tertiary/aromatic N) is 1. The van der Waals surface area contributed by atoms with E-state index in [9.17, 15) is 13.2 Å². The van der Waals surface area contributed by atoms with Crippen LogP contribution in [0.5, 0.6) is 0 Å². The Morgan fingerprint density at radius 1 is 1.40 bits per heavy atom. The number of carboxylic acids is 1. The van der Waals surface area contributed by atoms with Gasteiger partial charge in [-0.2, -0.15) is 0 Å². The quantitative estimate of drug-likeness (QED) is 0.755. The normalized spacial score (nSPS) is 17.1. The molecule has 1 aliphatic rings. The van der Waals surface area contributed by atoms with Crippen LogP contribution >= 0.6 is 0 Å². The molecule has 1 aromatic rings. The molecule has 2 heterocycles. The molecule has 0 aliphatic carbocycles. The van der Waals surface area contributed by atoms with E-state index in [2.05, 4.69) is 4.98 Å². The van der Waals surface area contributed by atoms with Crippen molar-refractivity contribution >= 4 is 21.9 Å². The topological polar surface area (TPSA) is 84.3 Å². The molecule has 1 aliphatic heterocycles. The highest BCUT2D eigenvalue weighted by Gasteiger charge is 2.23. The summed E-state index contributed by atoms with van der Waals surface area (Å²) in [6.07, 6.45) is 3.13. The minimum atomic E-state index is -3.46. The molecule has 0 fully saturated rings. The fourth-order valence-corrected chi connectivity index (χ4v) is 2.57. The average molecular weight is 225 g/mol. The standard InChI is InChI=1S/C9H7NO4S/c11-9(12)7-4-3-6-2-1-5-15(13,14)8(6)10-7/h1-4H,5H2,(H,11,12). The fourth-order valence-electron chi connectivity index (χ4n) is 1.33. The Morgan fingerprint density at radius 2 is 2.13 bits per heavy atom. The van der Waals surface area contributed by atoms with Crippen molar-refractivity contribution in [2.45, 2.75) is 5.03 Å². The Kier molecular flexibility index (Phi) is 2.08. The molecule has 6 heteroatoms. The molecule has 0 aromatic carbocycles. The summed E-state index contributed by atoms with van der Waals surface area (Å²) < 4.78 is 23.1. The van der Waals surface area contributed by atoms with Gasteiger partial charge < -0.3 is 5.11 Å². The first-order valence-electron chi connectivity index (χ1n) is 4.14. The number of hydrogen-bond acceptors (Lipinski definition) is 4. The van der Waals surface area contributed by atoms with Crippen molar-refractivity contribution in [2.75, 3.05) is 5.75 Å². The summed E-state index contributed by atoms with van der Waals surface area (Å²) in [5.74, 6) is -1.36. The molecule has 5 nitrogen and oxygen atoms in total. The third-order valence-electron chi connectivity index (χ3n) is 2.02. The lowest BCUT2D eigenvalue weighted by molar-refractivity contribution is 0.0689. The number of aromatic carboxylic acids is 1. The van der Waals surface area contributed by atoms with Crippen LogP contribution in [0.1, 0.15) is 16.1 Å². The highest BCUT2D eigenvalue weighted by Crippen LogP contribution is 2.21. The number of fused-ring (bicyclic) bond motifs is 1. The second kappa shape index (κ2) is 3.16. The number of pyridine rings is 1. The zero-order chi connectivity index (χ0) is 11.1. The van der Waals surface area contributed by atoms with Gasteiger partial charge in [-0.3, -0.25) is 0 Å². The van der Waals surface area contributed by atoms with Crippen LogP contribution in [0.25, 0.3) is 6.08 Å². The number of carboxylic acid groups (broad SMARTS) is 1. The van der Waals surface area contributed by atoms with Gasteiger partial charge in [0.1, 0.15) is 5.69 Å². The van der Waals surface area contributed by atoms with Crippen molar-refractivity contribution in [1.82, 2.24) is 4.98 Å². The minimum absolute atomic E-state index is 0.129. The van der Waals surface area contributed by atoms with Gasteiger partial charge in [0, 0.05) is 5.56 Å². The molecule has 15 heavy (non-hydrogen) atoms. The average Bonchev–Trinajstić information content (AvgIpc) is 2.17. The third kappa shape index (κ3) is 1.63. The SMILES string of the molecule is O=C(O)c1ccc2c(n1)S(=O)(=O)CC=C2. The summed E-state index contributed by atoms with van der Waals surface area (Å²) in [4.78, 5) is 14.2. The first kappa shape index (κ1) is 9.85. The van der Waals surface area contributed by atoms with E-state index in [0.717, 1.165) is 0 Å². The van der Waals surface area contributed by atoms with Gasteiger partial charge in [0.15, 0.2) is 14.9 Å². The van der Waals surface area contributed by atoms with Gasteiger partial charge in [0.25, 0.3) is 0 Å². The van der Waals surface area contributed by atoms with E-state index >= 15 is 0 Å². The molecule has 0 atom stereocenters. The molecular weight excluding hydrogens is 218 g/mol. The molecule has 1 aromatic heterocycles. The summed E-state index contributed by atoms with van der Waals surface area (Å²) in [5.41, 5.74) is 0.180. The lowest BCUT2D eigenvalue weighted by Crippen LogP contribution is -2.14. The van der Waals surface area contributed by atoms with Crippen LogP contribution in [-0.2, 0) is 9.84 Å². The summed E-state index contributed by atoms with van der Waals surface area (Å²) in [6.45, 7) is 0. The number of rotatable bonds is 1. The van der Waals surface area contributed by atoms with Gasteiger partial charge in [-0.1, -0.05) is 12.2 Å². The largest absolute Gasteiger partial charge is 0.477 e. The maximum absolute atomic E-state index is 11.5. The van der Waals surface area contributed by atoms with Crippen molar-refractivity contribution < 1.29 is 18.3 Å². The van der Waals surface area contributed by atoms with Crippen LogP contribution in [0.3, 0.4) is 0 Å². The Morgan fingerprint density at radius 3 is 2.80 bits per heavy atom. The van der Waals surface area contributed by atoms with E-state index in [1.807, 2.05) is 0 Å². The Bertz CT molecular complexity index is 559. The van der Waals surface area contributed by atoms with Crippen LogP contribution in [0.2, 0.25) is 0 Å². The predicted molar refractivity (Wildman–Crippen MR) is 52.3 cm³/mol. The molecule has 0 spiro atoms. The van der Waals surface area contributed by atoms with Crippen LogP contribution < -0.4 is 0 Å². The van der Waals surface area contributed by atoms with E-state index < -0.39 is 15.8 Å². The van der Waals surface area contributed by atoms with E-state index in [1.54, 1.807) is 6.08 Å². The summed E-state index contributed by atoms with van der Waals surface area (Å²) in [5, 5.41) is 8.53. The maximum atomic E-state index is 11.5. The van der Waals surface area contributed by atoms with Gasteiger partial charge in [-0.05, 0) is 12.1 Å². The number of hydrogen-bond donors (Lipinski definition) is 1. The second-order valence-electron chi connectivity index (χ2n) is 3.08. The van der Waals surface area contributed by atoms with Gasteiger partial charge >= 0.3 is 5.97 Å². The van der Waals surface area contributed by atoms with Crippen LogP contribution in [0.4, 0.5) is 0 Å². The molecule has 0 saturated heterocycles.